The topological polar surface area (TPSA) is 43.6 Å². The van der Waals surface area contributed by atoms with E-state index < -0.39 is 0 Å². The highest BCUT2D eigenvalue weighted by atomic mass is 32.2. The van der Waals surface area contributed by atoms with Crippen molar-refractivity contribution in [2.24, 2.45) is 7.05 Å². The van der Waals surface area contributed by atoms with Crippen LogP contribution in [0.4, 0.5) is 0 Å². The summed E-state index contributed by atoms with van der Waals surface area (Å²) in [6.07, 6.45) is 5.49. The molecule has 0 aliphatic rings. The van der Waals surface area contributed by atoms with Gasteiger partial charge in [-0.1, -0.05) is 11.8 Å². The van der Waals surface area contributed by atoms with E-state index >= 15 is 0 Å². The van der Waals surface area contributed by atoms with Crippen LogP contribution in [-0.4, -0.2) is 26.0 Å². The Morgan fingerprint density at radius 2 is 2.07 bits per heavy atom. The minimum atomic E-state index is 0.872. The third-order valence-corrected chi connectivity index (χ3v) is 2.68. The Bertz CT molecular complexity index is 424. The molecule has 0 unspecified atom stereocenters. The average molecular weight is 208 g/mol. The molecule has 0 amide bonds. The fourth-order valence-corrected chi connectivity index (χ4v) is 1.73. The van der Waals surface area contributed by atoms with Crippen molar-refractivity contribution < 1.29 is 0 Å². The molecule has 0 spiro atoms. The number of rotatable bonds is 2. The van der Waals surface area contributed by atoms with Gasteiger partial charge in [0.2, 0.25) is 0 Å². The molecule has 2 heterocycles. The van der Waals surface area contributed by atoms with Crippen LogP contribution in [0.25, 0.3) is 11.4 Å². The standard InChI is InChI=1S/C9H10N4S/c1-13-8(11-12-9(13)14-2)7-3-5-10-6-4-7/h3-6H,1-2H3/i9+2. The van der Waals surface area contributed by atoms with Gasteiger partial charge in [-0.2, -0.15) is 0 Å². The third-order valence-electron chi connectivity index (χ3n) is 1.96. The summed E-state index contributed by atoms with van der Waals surface area (Å²) in [4.78, 5) is 3.96. The Labute approximate surface area is 86.4 Å². The first-order valence-corrected chi connectivity index (χ1v) is 5.39. The van der Waals surface area contributed by atoms with Gasteiger partial charge in [-0.3, -0.25) is 4.98 Å². The lowest BCUT2D eigenvalue weighted by molar-refractivity contribution is 0.795. The lowest BCUT2D eigenvalue weighted by Gasteiger charge is -2.00. The first-order valence-electron chi connectivity index (χ1n) is 4.16. The maximum absolute atomic E-state index is 4.12. The monoisotopic (exact) mass is 208 g/mol. The van der Waals surface area contributed by atoms with E-state index in [9.17, 15) is 0 Å². The minimum absolute atomic E-state index is 0.872. The number of thioether (sulfide) groups is 1. The molecule has 2 aromatic heterocycles. The Morgan fingerprint density at radius 3 is 2.64 bits per heavy atom. The number of aromatic nitrogens is 4. The van der Waals surface area contributed by atoms with Gasteiger partial charge in [-0.15, -0.1) is 10.2 Å². The highest BCUT2D eigenvalue weighted by Crippen LogP contribution is 2.19. The highest BCUT2D eigenvalue weighted by molar-refractivity contribution is 7.98. The molecular weight excluding hydrogens is 198 g/mol. The molecule has 2 rings (SSSR count). The van der Waals surface area contributed by atoms with Crippen LogP contribution in [0, 0.1) is 0 Å². The van der Waals surface area contributed by atoms with Crippen molar-refractivity contribution in [2.45, 2.75) is 5.16 Å². The van der Waals surface area contributed by atoms with Crippen LogP contribution in [0.5, 0.6) is 0 Å². The largest absolute Gasteiger partial charge is 0.305 e. The zero-order valence-electron chi connectivity index (χ0n) is 8.01. The Morgan fingerprint density at radius 1 is 1.36 bits per heavy atom. The van der Waals surface area contributed by atoms with Crippen LogP contribution in [0.3, 0.4) is 0 Å². The molecule has 0 N–H and O–H groups in total. The van der Waals surface area contributed by atoms with E-state index in [0.29, 0.717) is 0 Å². The first kappa shape index (κ1) is 9.21. The number of nitrogens with zero attached hydrogens (tertiary/aromatic N) is 4. The molecule has 0 saturated carbocycles. The van der Waals surface area contributed by atoms with Crippen molar-refractivity contribution in [2.75, 3.05) is 6.26 Å². The quantitative estimate of drug-likeness (QED) is 0.703. The van der Waals surface area contributed by atoms with E-state index in [2.05, 4.69) is 15.2 Å². The zero-order valence-corrected chi connectivity index (χ0v) is 8.82. The molecule has 5 heteroatoms. The Balaban J connectivity index is 2.48. The predicted octanol–water partition coefficient (Wildman–Crippen LogP) is 1.60. The van der Waals surface area contributed by atoms with Crippen LogP contribution in [-0.2, 0) is 7.05 Å². The molecule has 0 saturated heterocycles. The smallest absolute Gasteiger partial charge is 0.190 e. The molecule has 4 nitrogen and oxygen atoms in total. The number of hydrogen-bond acceptors (Lipinski definition) is 4. The second-order valence-corrected chi connectivity index (χ2v) is 3.58. The van der Waals surface area contributed by atoms with Gasteiger partial charge in [0, 0.05) is 25.0 Å². The van der Waals surface area contributed by atoms with Crippen molar-refractivity contribution >= 4 is 11.8 Å². The average Bonchev–Trinajstić information content (AvgIpc) is 2.61. The van der Waals surface area contributed by atoms with E-state index in [1.54, 1.807) is 24.2 Å². The van der Waals surface area contributed by atoms with Gasteiger partial charge in [0.25, 0.3) is 0 Å². The van der Waals surface area contributed by atoms with Crippen molar-refractivity contribution in [3.05, 3.63) is 24.5 Å². The summed E-state index contributed by atoms with van der Waals surface area (Å²) in [5.41, 5.74) is 1.04. The summed E-state index contributed by atoms with van der Waals surface area (Å²) in [6.45, 7) is 0. The molecular formula is C9H10N4S. The van der Waals surface area contributed by atoms with Gasteiger partial charge >= 0.3 is 0 Å². The van der Waals surface area contributed by atoms with E-state index in [-0.39, 0.29) is 0 Å². The number of hydrogen-bond donors (Lipinski definition) is 0. The summed E-state index contributed by atoms with van der Waals surface area (Å²) >= 11 is 1.58. The van der Waals surface area contributed by atoms with E-state index in [1.807, 2.05) is 30.0 Å². The van der Waals surface area contributed by atoms with Crippen LogP contribution in [0.2, 0.25) is 0 Å². The van der Waals surface area contributed by atoms with Crippen molar-refractivity contribution in [3.8, 4) is 11.4 Å². The SMILES string of the molecule is CS[14c]1nnc(-c2ccncc2)n1C. The summed E-state index contributed by atoms with van der Waals surface area (Å²) < 4.78 is 1.97. The van der Waals surface area contributed by atoms with Crippen molar-refractivity contribution in [1.29, 1.82) is 0 Å². The van der Waals surface area contributed by atoms with E-state index in [1.165, 1.54) is 0 Å². The molecule has 0 fully saturated rings. The second-order valence-electron chi connectivity index (χ2n) is 2.81. The summed E-state index contributed by atoms with van der Waals surface area (Å²) in [5.74, 6) is 0.872. The van der Waals surface area contributed by atoms with E-state index in [4.69, 9.17) is 0 Å². The van der Waals surface area contributed by atoms with E-state index in [0.717, 1.165) is 16.5 Å². The lowest BCUT2D eigenvalue weighted by Crippen LogP contribution is -1.93. The summed E-state index contributed by atoms with van der Waals surface area (Å²) in [6, 6.07) is 3.85. The fourth-order valence-electron chi connectivity index (χ4n) is 1.25. The Kier molecular flexibility index (Phi) is 2.49. The zero-order chi connectivity index (χ0) is 9.97. The fraction of sp³-hybridized carbons (Fsp3) is 0.222. The summed E-state index contributed by atoms with van der Waals surface area (Å²) in [7, 11) is 1.96. The second kappa shape index (κ2) is 3.79. The maximum Gasteiger partial charge on any atom is 0.190 e. The molecule has 0 atom stereocenters. The summed E-state index contributed by atoms with van der Waals surface area (Å²) in [5, 5.41) is 9.10. The molecule has 2 aromatic rings. The van der Waals surface area contributed by atoms with Gasteiger partial charge in [0.15, 0.2) is 11.0 Å². The van der Waals surface area contributed by atoms with Gasteiger partial charge in [0.05, 0.1) is 0 Å². The van der Waals surface area contributed by atoms with Gasteiger partial charge in [-0.25, -0.2) is 0 Å². The van der Waals surface area contributed by atoms with Crippen molar-refractivity contribution in [1.82, 2.24) is 19.7 Å². The van der Waals surface area contributed by atoms with Gasteiger partial charge in [0.1, 0.15) is 0 Å². The van der Waals surface area contributed by atoms with Crippen LogP contribution in [0.1, 0.15) is 0 Å². The maximum atomic E-state index is 4.12. The number of pyridine rings is 1. The first-order chi connectivity index (χ1) is 6.83. The van der Waals surface area contributed by atoms with Crippen LogP contribution < -0.4 is 0 Å². The molecule has 0 bridgehead atoms. The molecule has 0 aliphatic heterocycles. The van der Waals surface area contributed by atoms with Crippen molar-refractivity contribution in [3.63, 3.8) is 0 Å². The molecule has 72 valence electrons. The highest BCUT2D eigenvalue weighted by Gasteiger charge is 2.08. The predicted molar refractivity (Wildman–Crippen MR) is 56.0 cm³/mol. The molecule has 0 aromatic carbocycles. The van der Waals surface area contributed by atoms with Crippen LogP contribution >= 0.6 is 11.8 Å². The molecule has 14 heavy (non-hydrogen) atoms. The molecule has 0 radical (unpaired) electrons. The molecule has 0 aliphatic carbocycles. The Hall–Kier alpha value is -1.36. The normalized spacial score (nSPS) is 10.4. The minimum Gasteiger partial charge on any atom is -0.305 e. The lowest BCUT2D eigenvalue weighted by atomic mass is 10.2. The van der Waals surface area contributed by atoms with Gasteiger partial charge < -0.3 is 4.57 Å². The third kappa shape index (κ3) is 1.50. The van der Waals surface area contributed by atoms with Gasteiger partial charge in [-0.05, 0) is 18.4 Å². The van der Waals surface area contributed by atoms with Crippen LogP contribution in [0.15, 0.2) is 29.7 Å².